The van der Waals surface area contributed by atoms with Gasteiger partial charge in [-0.1, -0.05) is 0 Å². The molecule has 5 nitrogen and oxygen atoms in total. The van der Waals surface area contributed by atoms with E-state index in [1.165, 1.54) is 19.2 Å². The summed E-state index contributed by atoms with van der Waals surface area (Å²) >= 11 is 0. The first-order chi connectivity index (χ1) is 7.84. The summed E-state index contributed by atoms with van der Waals surface area (Å²) in [5.74, 6) is 0.878. The summed E-state index contributed by atoms with van der Waals surface area (Å²) in [6.45, 7) is 2.05. The van der Waals surface area contributed by atoms with E-state index in [0.717, 1.165) is 18.9 Å². The Hall–Kier alpha value is -1.91. The zero-order chi connectivity index (χ0) is 11.0. The van der Waals surface area contributed by atoms with Crippen LogP contribution in [0.15, 0.2) is 23.4 Å². The molecule has 0 saturated carbocycles. The zero-order valence-electron chi connectivity index (χ0n) is 8.81. The Morgan fingerprint density at radius 1 is 1.25 bits per heavy atom. The molecule has 3 rings (SSSR count). The third-order valence-corrected chi connectivity index (χ3v) is 2.94. The average molecular weight is 216 g/mol. The van der Waals surface area contributed by atoms with E-state index >= 15 is 0 Å². The molecule has 0 radical (unpaired) electrons. The number of hydrogen-bond acceptors (Lipinski definition) is 4. The number of nitrogens with one attached hydrogen (secondary N) is 1. The number of fused-ring (bicyclic) bond motifs is 1. The smallest absolute Gasteiger partial charge is 0.258 e. The van der Waals surface area contributed by atoms with Crippen molar-refractivity contribution in [1.29, 1.82) is 0 Å². The van der Waals surface area contributed by atoms with E-state index in [1.54, 1.807) is 6.20 Å². The molecule has 16 heavy (non-hydrogen) atoms. The first-order valence-electron chi connectivity index (χ1n) is 5.43. The van der Waals surface area contributed by atoms with Crippen LogP contribution in [0.25, 0.3) is 10.9 Å². The van der Waals surface area contributed by atoms with Crippen LogP contribution in [0, 0.1) is 0 Å². The number of hydrogen-bond donors (Lipinski definition) is 1. The SMILES string of the molecule is O=c1[nH]cnc2cnc(N3CCCC3)cc12. The highest BCUT2D eigenvalue weighted by Crippen LogP contribution is 2.19. The van der Waals surface area contributed by atoms with Gasteiger partial charge in [-0.05, 0) is 18.9 Å². The number of H-pyrrole nitrogens is 1. The summed E-state index contributed by atoms with van der Waals surface area (Å²) in [6, 6.07) is 1.83. The van der Waals surface area contributed by atoms with Gasteiger partial charge in [0.2, 0.25) is 0 Å². The van der Waals surface area contributed by atoms with Gasteiger partial charge in [0.15, 0.2) is 0 Å². The molecule has 2 aromatic heterocycles. The van der Waals surface area contributed by atoms with Crippen molar-refractivity contribution in [2.75, 3.05) is 18.0 Å². The lowest BCUT2D eigenvalue weighted by Gasteiger charge is -2.15. The number of nitrogens with zero attached hydrogens (tertiary/aromatic N) is 3. The first-order valence-corrected chi connectivity index (χ1v) is 5.43. The van der Waals surface area contributed by atoms with E-state index in [1.807, 2.05) is 6.07 Å². The molecule has 0 amide bonds. The zero-order valence-corrected chi connectivity index (χ0v) is 8.81. The van der Waals surface area contributed by atoms with Crippen molar-refractivity contribution in [3.8, 4) is 0 Å². The highest BCUT2D eigenvalue weighted by Gasteiger charge is 2.14. The lowest BCUT2D eigenvalue weighted by molar-refractivity contribution is 0.939. The van der Waals surface area contributed by atoms with Gasteiger partial charge in [0, 0.05) is 13.1 Å². The van der Waals surface area contributed by atoms with Crippen LogP contribution in [-0.4, -0.2) is 28.0 Å². The van der Waals surface area contributed by atoms with E-state index in [0.29, 0.717) is 10.9 Å². The minimum Gasteiger partial charge on any atom is -0.357 e. The average Bonchev–Trinajstić information content (AvgIpc) is 2.83. The number of aromatic nitrogens is 3. The minimum absolute atomic E-state index is 0.104. The second kappa shape index (κ2) is 3.59. The van der Waals surface area contributed by atoms with Crippen molar-refractivity contribution in [2.24, 2.45) is 0 Å². The van der Waals surface area contributed by atoms with E-state index < -0.39 is 0 Å². The molecule has 5 heteroatoms. The first kappa shape index (κ1) is 9.33. The summed E-state index contributed by atoms with van der Waals surface area (Å²) in [6.07, 6.45) is 5.46. The van der Waals surface area contributed by atoms with Crippen molar-refractivity contribution >= 4 is 16.7 Å². The van der Waals surface area contributed by atoms with Crippen LogP contribution in [0.2, 0.25) is 0 Å². The quantitative estimate of drug-likeness (QED) is 0.770. The van der Waals surface area contributed by atoms with Crippen molar-refractivity contribution in [3.05, 3.63) is 28.9 Å². The lowest BCUT2D eigenvalue weighted by atomic mass is 10.3. The maximum absolute atomic E-state index is 11.6. The maximum Gasteiger partial charge on any atom is 0.258 e. The Kier molecular flexibility index (Phi) is 2.09. The van der Waals surface area contributed by atoms with Gasteiger partial charge in [-0.25, -0.2) is 9.97 Å². The number of pyridine rings is 1. The Morgan fingerprint density at radius 2 is 2.06 bits per heavy atom. The van der Waals surface area contributed by atoms with Crippen LogP contribution in [0.3, 0.4) is 0 Å². The summed E-state index contributed by atoms with van der Waals surface area (Å²) in [5, 5.41) is 0.611. The molecule has 1 fully saturated rings. The molecule has 0 spiro atoms. The molecule has 0 aliphatic carbocycles. The van der Waals surface area contributed by atoms with Gasteiger partial charge in [-0.15, -0.1) is 0 Å². The van der Waals surface area contributed by atoms with Gasteiger partial charge in [0.25, 0.3) is 5.56 Å². The predicted octanol–water partition coefficient (Wildman–Crippen LogP) is 0.918. The van der Waals surface area contributed by atoms with Crippen LogP contribution in [-0.2, 0) is 0 Å². The molecule has 82 valence electrons. The van der Waals surface area contributed by atoms with Crippen LogP contribution in [0.5, 0.6) is 0 Å². The van der Waals surface area contributed by atoms with Crippen LogP contribution >= 0.6 is 0 Å². The fourth-order valence-corrected chi connectivity index (χ4v) is 2.08. The number of anilines is 1. The maximum atomic E-state index is 11.6. The van der Waals surface area contributed by atoms with E-state index in [9.17, 15) is 4.79 Å². The molecule has 0 aromatic carbocycles. The second-order valence-electron chi connectivity index (χ2n) is 3.99. The fraction of sp³-hybridized carbons (Fsp3) is 0.364. The van der Waals surface area contributed by atoms with Gasteiger partial charge in [0.05, 0.1) is 23.4 Å². The topological polar surface area (TPSA) is 61.9 Å². The van der Waals surface area contributed by atoms with Crippen molar-refractivity contribution in [1.82, 2.24) is 15.0 Å². The minimum atomic E-state index is -0.104. The molecule has 1 N–H and O–H groups in total. The molecule has 1 aliphatic rings. The lowest BCUT2D eigenvalue weighted by Crippen LogP contribution is -2.19. The third kappa shape index (κ3) is 1.44. The molecule has 0 bridgehead atoms. The molecule has 0 unspecified atom stereocenters. The van der Waals surface area contributed by atoms with Crippen molar-refractivity contribution in [3.63, 3.8) is 0 Å². The fourth-order valence-electron chi connectivity index (χ4n) is 2.08. The molecule has 1 aliphatic heterocycles. The highest BCUT2D eigenvalue weighted by atomic mass is 16.1. The van der Waals surface area contributed by atoms with E-state index in [2.05, 4.69) is 19.9 Å². The van der Waals surface area contributed by atoms with Crippen LogP contribution in [0.4, 0.5) is 5.82 Å². The molecular weight excluding hydrogens is 204 g/mol. The van der Waals surface area contributed by atoms with Gasteiger partial charge in [0.1, 0.15) is 5.82 Å². The van der Waals surface area contributed by atoms with E-state index in [-0.39, 0.29) is 5.56 Å². The second-order valence-corrected chi connectivity index (χ2v) is 3.99. The Balaban J connectivity index is 2.14. The summed E-state index contributed by atoms with van der Waals surface area (Å²) in [5.41, 5.74) is 0.541. The van der Waals surface area contributed by atoms with Gasteiger partial charge in [-0.3, -0.25) is 4.79 Å². The molecular formula is C11H12N4O. The molecule has 2 aromatic rings. The summed E-state index contributed by atoms with van der Waals surface area (Å²) in [7, 11) is 0. The highest BCUT2D eigenvalue weighted by molar-refractivity contribution is 5.79. The van der Waals surface area contributed by atoms with Gasteiger partial charge >= 0.3 is 0 Å². The van der Waals surface area contributed by atoms with Crippen molar-refractivity contribution in [2.45, 2.75) is 12.8 Å². The van der Waals surface area contributed by atoms with Crippen LogP contribution in [0.1, 0.15) is 12.8 Å². The molecule has 0 atom stereocenters. The third-order valence-electron chi connectivity index (χ3n) is 2.94. The number of rotatable bonds is 1. The Bertz CT molecular complexity index is 571. The summed E-state index contributed by atoms with van der Waals surface area (Å²) in [4.78, 5) is 24.8. The molecule has 3 heterocycles. The Labute approximate surface area is 92.1 Å². The Morgan fingerprint density at radius 3 is 2.88 bits per heavy atom. The normalized spacial score (nSPS) is 15.9. The standard InChI is InChI=1S/C11H12N4O/c16-11-8-5-10(15-3-1-2-4-15)12-6-9(8)13-7-14-11/h5-7H,1-4H2,(H,13,14,16). The van der Waals surface area contributed by atoms with Gasteiger partial charge in [-0.2, -0.15) is 0 Å². The number of aromatic amines is 1. The monoisotopic (exact) mass is 216 g/mol. The van der Waals surface area contributed by atoms with E-state index in [4.69, 9.17) is 0 Å². The largest absolute Gasteiger partial charge is 0.357 e. The predicted molar refractivity (Wildman–Crippen MR) is 61.6 cm³/mol. The summed E-state index contributed by atoms with van der Waals surface area (Å²) < 4.78 is 0. The van der Waals surface area contributed by atoms with Gasteiger partial charge < -0.3 is 9.88 Å². The van der Waals surface area contributed by atoms with Crippen LogP contribution < -0.4 is 10.5 Å². The molecule has 1 saturated heterocycles. The van der Waals surface area contributed by atoms with Crippen molar-refractivity contribution < 1.29 is 0 Å².